The van der Waals surface area contributed by atoms with Crippen LogP contribution in [0.5, 0.6) is 0 Å². The van der Waals surface area contributed by atoms with Gasteiger partial charge in [0, 0.05) is 7.05 Å². The molecule has 1 rings (SSSR count). The number of amides is 1. The van der Waals surface area contributed by atoms with Gasteiger partial charge in [-0.25, -0.2) is 5.06 Å². The van der Waals surface area contributed by atoms with Crippen LogP contribution in [-0.4, -0.2) is 25.1 Å². The zero-order chi connectivity index (χ0) is 11.0. The van der Waals surface area contributed by atoms with E-state index in [1.807, 2.05) is 0 Å². The summed E-state index contributed by atoms with van der Waals surface area (Å²) >= 11 is 0. The van der Waals surface area contributed by atoms with Crippen LogP contribution in [0.4, 0.5) is 0 Å². The summed E-state index contributed by atoms with van der Waals surface area (Å²) in [6.07, 6.45) is 3.21. The Kier molecular flexibility index (Phi) is 2.91. The zero-order valence-corrected chi connectivity index (χ0v) is 9.89. The summed E-state index contributed by atoms with van der Waals surface area (Å²) in [5.41, 5.74) is -0.186. The lowest BCUT2D eigenvalue weighted by Gasteiger charge is -2.38. The molecule has 1 atom stereocenters. The summed E-state index contributed by atoms with van der Waals surface area (Å²) < 4.78 is 0. The molecule has 0 bridgehead atoms. The number of nitrogens with zero attached hydrogens (tertiary/aromatic N) is 1. The van der Waals surface area contributed by atoms with Crippen molar-refractivity contribution in [3.05, 3.63) is 0 Å². The number of rotatable bonds is 2. The van der Waals surface area contributed by atoms with E-state index < -0.39 is 0 Å². The van der Waals surface area contributed by atoms with Gasteiger partial charge in [-0.15, -0.1) is 0 Å². The molecule has 3 heteroatoms. The average molecular weight is 199 g/mol. The SMILES string of the molecule is CON(C)C(=O)C1(C)CCCC1(C)C. The van der Waals surface area contributed by atoms with E-state index in [0.29, 0.717) is 0 Å². The Bertz CT molecular complexity index is 237. The highest BCUT2D eigenvalue weighted by Crippen LogP contribution is 2.53. The number of hydrogen-bond acceptors (Lipinski definition) is 2. The predicted molar refractivity (Wildman–Crippen MR) is 55.5 cm³/mol. The van der Waals surface area contributed by atoms with E-state index in [1.165, 1.54) is 12.2 Å². The summed E-state index contributed by atoms with van der Waals surface area (Å²) in [6.45, 7) is 6.39. The summed E-state index contributed by atoms with van der Waals surface area (Å²) in [6, 6.07) is 0. The van der Waals surface area contributed by atoms with E-state index in [9.17, 15) is 4.79 Å². The molecule has 0 radical (unpaired) electrons. The molecule has 1 aliphatic carbocycles. The van der Waals surface area contributed by atoms with Crippen LogP contribution in [-0.2, 0) is 9.63 Å². The van der Waals surface area contributed by atoms with Crippen LogP contribution < -0.4 is 0 Å². The molecule has 0 aromatic rings. The first kappa shape index (κ1) is 11.5. The largest absolute Gasteiger partial charge is 0.275 e. The highest BCUT2D eigenvalue weighted by molar-refractivity contribution is 5.82. The standard InChI is InChI=1S/C11H21NO2/c1-10(2)7-6-8-11(10,3)9(13)12(4)14-5/h6-8H2,1-5H3. The molecule has 0 aliphatic heterocycles. The molecule has 1 saturated carbocycles. The van der Waals surface area contributed by atoms with Crippen molar-refractivity contribution in [2.75, 3.05) is 14.2 Å². The number of hydroxylamine groups is 2. The molecule has 1 aliphatic rings. The van der Waals surface area contributed by atoms with E-state index in [-0.39, 0.29) is 16.7 Å². The van der Waals surface area contributed by atoms with Gasteiger partial charge < -0.3 is 0 Å². The summed E-state index contributed by atoms with van der Waals surface area (Å²) in [5.74, 6) is 0.0995. The third kappa shape index (κ3) is 1.54. The highest BCUT2D eigenvalue weighted by Gasteiger charge is 2.51. The van der Waals surface area contributed by atoms with Gasteiger partial charge in [0.2, 0.25) is 0 Å². The van der Waals surface area contributed by atoms with E-state index in [4.69, 9.17) is 4.84 Å². The maximum atomic E-state index is 12.1. The molecule has 82 valence electrons. The minimum atomic E-state index is -0.266. The second-order valence-electron chi connectivity index (χ2n) is 5.05. The van der Waals surface area contributed by atoms with E-state index in [0.717, 1.165) is 19.3 Å². The second-order valence-corrected chi connectivity index (χ2v) is 5.05. The maximum absolute atomic E-state index is 12.1. The first-order valence-corrected chi connectivity index (χ1v) is 5.17. The van der Waals surface area contributed by atoms with Crippen LogP contribution in [0.3, 0.4) is 0 Å². The van der Waals surface area contributed by atoms with Gasteiger partial charge in [0.25, 0.3) is 5.91 Å². The fraction of sp³-hybridized carbons (Fsp3) is 0.909. The van der Waals surface area contributed by atoms with Crippen molar-refractivity contribution < 1.29 is 9.63 Å². The Balaban J connectivity index is 2.89. The van der Waals surface area contributed by atoms with Gasteiger partial charge in [-0.2, -0.15) is 0 Å². The Hall–Kier alpha value is -0.570. The third-order valence-electron chi connectivity index (χ3n) is 4.00. The minimum Gasteiger partial charge on any atom is -0.275 e. The first-order valence-electron chi connectivity index (χ1n) is 5.17. The molecule has 0 saturated heterocycles. The van der Waals surface area contributed by atoms with Crippen molar-refractivity contribution in [1.29, 1.82) is 0 Å². The highest BCUT2D eigenvalue weighted by atomic mass is 16.7. The summed E-state index contributed by atoms with van der Waals surface area (Å²) in [5, 5.41) is 1.35. The molecule has 0 N–H and O–H groups in total. The van der Waals surface area contributed by atoms with Crippen LogP contribution in [0.2, 0.25) is 0 Å². The molecule has 0 aromatic heterocycles. The number of carbonyl (C=O) groups is 1. The lowest BCUT2D eigenvalue weighted by Crippen LogP contribution is -2.45. The molecule has 14 heavy (non-hydrogen) atoms. The Morgan fingerprint density at radius 2 is 1.86 bits per heavy atom. The molecule has 0 spiro atoms. The van der Waals surface area contributed by atoms with Gasteiger partial charge in [0.1, 0.15) is 0 Å². The van der Waals surface area contributed by atoms with Gasteiger partial charge in [-0.05, 0) is 18.3 Å². The van der Waals surface area contributed by atoms with E-state index in [2.05, 4.69) is 20.8 Å². The number of hydrogen-bond donors (Lipinski definition) is 0. The van der Waals surface area contributed by atoms with Crippen LogP contribution in [0, 0.1) is 10.8 Å². The van der Waals surface area contributed by atoms with Crippen molar-refractivity contribution in [1.82, 2.24) is 5.06 Å². The molecular weight excluding hydrogens is 178 g/mol. The van der Waals surface area contributed by atoms with Gasteiger partial charge in [-0.1, -0.05) is 27.2 Å². The van der Waals surface area contributed by atoms with Crippen molar-refractivity contribution in [3.63, 3.8) is 0 Å². The Morgan fingerprint density at radius 3 is 2.21 bits per heavy atom. The maximum Gasteiger partial charge on any atom is 0.252 e. The topological polar surface area (TPSA) is 29.5 Å². The summed E-state index contributed by atoms with van der Waals surface area (Å²) in [4.78, 5) is 17.1. The average Bonchev–Trinajstić information content (AvgIpc) is 2.40. The Morgan fingerprint density at radius 1 is 1.29 bits per heavy atom. The minimum absolute atomic E-state index is 0.0802. The lowest BCUT2D eigenvalue weighted by atomic mass is 9.68. The smallest absolute Gasteiger partial charge is 0.252 e. The van der Waals surface area contributed by atoms with Crippen LogP contribution in [0.1, 0.15) is 40.0 Å². The monoisotopic (exact) mass is 199 g/mol. The summed E-state index contributed by atoms with van der Waals surface area (Å²) in [7, 11) is 3.21. The van der Waals surface area contributed by atoms with Gasteiger partial charge in [0.05, 0.1) is 12.5 Å². The fourth-order valence-electron chi connectivity index (χ4n) is 2.32. The lowest BCUT2D eigenvalue weighted by molar-refractivity contribution is -0.184. The zero-order valence-electron chi connectivity index (χ0n) is 9.89. The third-order valence-corrected chi connectivity index (χ3v) is 4.00. The molecule has 1 unspecified atom stereocenters. The van der Waals surface area contributed by atoms with Crippen LogP contribution in [0.25, 0.3) is 0 Å². The van der Waals surface area contributed by atoms with E-state index in [1.54, 1.807) is 7.05 Å². The molecule has 0 aromatic carbocycles. The molecule has 1 amide bonds. The van der Waals surface area contributed by atoms with Crippen LogP contribution >= 0.6 is 0 Å². The van der Waals surface area contributed by atoms with Crippen molar-refractivity contribution >= 4 is 5.91 Å². The molecule has 1 fully saturated rings. The second kappa shape index (κ2) is 3.54. The van der Waals surface area contributed by atoms with E-state index >= 15 is 0 Å². The van der Waals surface area contributed by atoms with Crippen molar-refractivity contribution in [2.24, 2.45) is 10.8 Å². The molecule has 0 heterocycles. The quantitative estimate of drug-likeness (QED) is 0.638. The Labute approximate surface area is 86.4 Å². The van der Waals surface area contributed by atoms with Gasteiger partial charge in [0.15, 0.2) is 0 Å². The molecule has 3 nitrogen and oxygen atoms in total. The van der Waals surface area contributed by atoms with Gasteiger partial charge >= 0.3 is 0 Å². The number of carbonyl (C=O) groups excluding carboxylic acids is 1. The first-order chi connectivity index (χ1) is 6.35. The van der Waals surface area contributed by atoms with Crippen molar-refractivity contribution in [2.45, 2.75) is 40.0 Å². The van der Waals surface area contributed by atoms with Gasteiger partial charge in [-0.3, -0.25) is 9.63 Å². The predicted octanol–water partition coefficient (Wildman–Crippen LogP) is 2.22. The normalized spacial score (nSPS) is 30.4. The van der Waals surface area contributed by atoms with Crippen molar-refractivity contribution in [3.8, 4) is 0 Å². The molecular formula is C11H21NO2. The van der Waals surface area contributed by atoms with Crippen LogP contribution in [0.15, 0.2) is 0 Å². The fourth-order valence-corrected chi connectivity index (χ4v) is 2.32.